The highest BCUT2D eigenvalue weighted by Crippen LogP contribution is 2.15. The van der Waals surface area contributed by atoms with Crippen LogP contribution in [0.15, 0.2) is 35.2 Å². The van der Waals surface area contributed by atoms with Gasteiger partial charge in [0.25, 0.3) is 0 Å². The Morgan fingerprint density at radius 2 is 2.07 bits per heavy atom. The predicted octanol–water partition coefficient (Wildman–Crippen LogP) is 2.52. The molecule has 0 aliphatic carbocycles. The van der Waals surface area contributed by atoms with Gasteiger partial charge in [-0.15, -0.1) is 23.4 Å². The molecule has 0 unspecified atom stereocenters. The number of nitrogens with one attached hydrogen (secondary N) is 1. The van der Waals surface area contributed by atoms with Crippen LogP contribution in [0.3, 0.4) is 0 Å². The Balaban J connectivity index is 2.17. The third-order valence-electron chi connectivity index (χ3n) is 1.75. The number of hydrogen-bond donors (Lipinski definition) is 1. The van der Waals surface area contributed by atoms with Gasteiger partial charge in [0, 0.05) is 17.3 Å². The maximum Gasteiger partial charge on any atom is 0.230 e. The van der Waals surface area contributed by atoms with E-state index in [1.165, 1.54) is 0 Å². The smallest absolute Gasteiger partial charge is 0.230 e. The van der Waals surface area contributed by atoms with Crippen LogP contribution in [-0.2, 0) is 4.79 Å². The van der Waals surface area contributed by atoms with E-state index in [9.17, 15) is 4.79 Å². The Morgan fingerprint density at radius 3 is 2.73 bits per heavy atom. The van der Waals surface area contributed by atoms with Gasteiger partial charge in [-0.1, -0.05) is 18.2 Å². The van der Waals surface area contributed by atoms with Crippen LogP contribution in [0.25, 0.3) is 0 Å². The second-order valence-electron chi connectivity index (χ2n) is 2.99. The number of rotatable bonds is 6. The molecule has 4 heteroatoms. The van der Waals surface area contributed by atoms with Crippen LogP contribution in [0.2, 0.25) is 0 Å². The molecule has 0 fully saturated rings. The highest BCUT2D eigenvalue weighted by molar-refractivity contribution is 8.00. The van der Waals surface area contributed by atoms with Crippen molar-refractivity contribution in [3.05, 3.63) is 30.3 Å². The first-order valence-electron chi connectivity index (χ1n) is 4.83. The number of carbonyl (C=O) groups excluding carboxylic acids is 1. The average Bonchev–Trinajstić information content (AvgIpc) is 2.28. The molecule has 1 aromatic rings. The Kier molecular flexibility index (Phi) is 6.28. The summed E-state index contributed by atoms with van der Waals surface area (Å²) in [5.74, 6) is 1.12. The van der Waals surface area contributed by atoms with Gasteiger partial charge in [0.05, 0.1) is 5.75 Å². The standard InChI is InChI=1S/C11H14ClNOS/c12-7-4-8-13-11(14)9-15-10-5-2-1-3-6-10/h1-3,5-6H,4,7-9H2,(H,13,14). The SMILES string of the molecule is O=C(CSc1ccccc1)NCCCCl. The zero-order valence-electron chi connectivity index (χ0n) is 8.41. The lowest BCUT2D eigenvalue weighted by Crippen LogP contribution is -2.26. The average molecular weight is 244 g/mol. The van der Waals surface area contributed by atoms with Gasteiger partial charge in [-0.3, -0.25) is 4.79 Å². The Hall–Kier alpha value is -0.670. The Morgan fingerprint density at radius 1 is 1.33 bits per heavy atom. The van der Waals surface area contributed by atoms with Gasteiger partial charge in [-0.05, 0) is 18.6 Å². The minimum Gasteiger partial charge on any atom is -0.355 e. The van der Waals surface area contributed by atoms with Crippen molar-refractivity contribution in [3.8, 4) is 0 Å². The van der Waals surface area contributed by atoms with Crippen LogP contribution >= 0.6 is 23.4 Å². The number of thioether (sulfide) groups is 1. The van der Waals surface area contributed by atoms with E-state index >= 15 is 0 Å². The number of halogens is 1. The topological polar surface area (TPSA) is 29.1 Å². The molecule has 0 spiro atoms. The van der Waals surface area contributed by atoms with E-state index in [-0.39, 0.29) is 5.91 Å². The third kappa shape index (κ3) is 5.70. The van der Waals surface area contributed by atoms with Crippen LogP contribution < -0.4 is 5.32 Å². The van der Waals surface area contributed by atoms with Crippen molar-refractivity contribution in [1.82, 2.24) is 5.32 Å². The van der Waals surface area contributed by atoms with Gasteiger partial charge in [0.1, 0.15) is 0 Å². The summed E-state index contributed by atoms with van der Waals surface area (Å²) in [6, 6.07) is 9.89. The molecule has 0 aliphatic rings. The number of hydrogen-bond acceptors (Lipinski definition) is 2. The summed E-state index contributed by atoms with van der Waals surface area (Å²) < 4.78 is 0. The molecule has 1 N–H and O–H groups in total. The quantitative estimate of drug-likeness (QED) is 0.473. The first-order chi connectivity index (χ1) is 7.33. The molecule has 82 valence electrons. The summed E-state index contributed by atoms with van der Waals surface area (Å²) in [5.41, 5.74) is 0. The number of carbonyl (C=O) groups is 1. The van der Waals surface area contributed by atoms with Crippen LogP contribution in [0, 0.1) is 0 Å². The van der Waals surface area contributed by atoms with Crippen LogP contribution in [0.5, 0.6) is 0 Å². The molecule has 0 heterocycles. The Labute approximate surface area is 99.4 Å². The van der Waals surface area contributed by atoms with E-state index in [1.54, 1.807) is 11.8 Å². The first-order valence-corrected chi connectivity index (χ1v) is 6.35. The van der Waals surface area contributed by atoms with Gasteiger partial charge in [0.2, 0.25) is 5.91 Å². The maximum atomic E-state index is 11.3. The summed E-state index contributed by atoms with van der Waals surface area (Å²) in [6.07, 6.45) is 0.823. The lowest BCUT2D eigenvalue weighted by Gasteiger charge is -2.03. The fourth-order valence-electron chi connectivity index (χ4n) is 1.01. The van der Waals surface area contributed by atoms with Crippen LogP contribution in [0.1, 0.15) is 6.42 Å². The lowest BCUT2D eigenvalue weighted by atomic mass is 10.4. The first kappa shape index (κ1) is 12.4. The van der Waals surface area contributed by atoms with E-state index < -0.39 is 0 Å². The zero-order valence-corrected chi connectivity index (χ0v) is 9.98. The molecule has 0 bridgehead atoms. The van der Waals surface area contributed by atoms with Crippen molar-refractivity contribution in [2.24, 2.45) is 0 Å². The van der Waals surface area contributed by atoms with E-state index in [0.29, 0.717) is 18.2 Å². The summed E-state index contributed by atoms with van der Waals surface area (Å²) in [4.78, 5) is 12.4. The number of amides is 1. The molecule has 1 amide bonds. The third-order valence-corrected chi connectivity index (χ3v) is 3.02. The minimum atomic E-state index is 0.0639. The molecule has 0 saturated heterocycles. The number of benzene rings is 1. The molecular formula is C11H14ClNOS. The molecule has 2 nitrogen and oxygen atoms in total. The van der Waals surface area contributed by atoms with Crippen molar-refractivity contribution in [2.75, 3.05) is 18.2 Å². The fourth-order valence-corrected chi connectivity index (χ4v) is 1.89. The van der Waals surface area contributed by atoms with Gasteiger partial charge in [0.15, 0.2) is 0 Å². The molecule has 0 atom stereocenters. The van der Waals surface area contributed by atoms with Crippen molar-refractivity contribution in [3.63, 3.8) is 0 Å². The molecular weight excluding hydrogens is 230 g/mol. The van der Waals surface area contributed by atoms with E-state index in [4.69, 9.17) is 11.6 Å². The summed E-state index contributed by atoms with van der Waals surface area (Å²) >= 11 is 7.04. The summed E-state index contributed by atoms with van der Waals surface area (Å²) in [5, 5.41) is 2.81. The fraction of sp³-hybridized carbons (Fsp3) is 0.364. The summed E-state index contributed by atoms with van der Waals surface area (Å²) in [6.45, 7) is 0.664. The van der Waals surface area contributed by atoms with Crippen molar-refractivity contribution in [1.29, 1.82) is 0 Å². The molecule has 0 aromatic heterocycles. The second-order valence-corrected chi connectivity index (χ2v) is 4.42. The van der Waals surface area contributed by atoms with Gasteiger partial charge < -0.3 is 5.32 Å². The monoisotopic (exact) mass is 243 g/mol. The second kappa shape index (κ2) is 7.60. The molecule has 1 rings (SSSR count). The van der Waals surface area contributed by atoms with Crippen molar-refractivity contribution in [2.45, 2.75) is 11.3 Å². The molecule has 0 aliphatic heterocycles. The minimum absolute atomic E-state index is 0.0639. The lowest BCUT2D eigenvalue weighted by molar-refractivity contribution is -0.118. The van der Waals surface area contributed by atoms with Gasteiger partial charge in [-0.2, -0.15) is 0 Å². The molecule has 0 saturated carbocycles. The summed E-state index contributed by atoms with van der Waals surface area (Å²) in [7, 11) is 0. The zero-order chi connectivity index (χ0) is 10.9. The molecule has 1 aromatic carbocycles. The van der Waals surface area contributed by atoms with Crippen molar-refractivity contribution >= 4 is 29.3 Å². The highest BCUT2D eigenvalue weighted by atomic mass is 35.5. The van der Waals surface area contributed by atoms with Gasteiger partial charge in [-0.25, -0.2) is 0 Å². The maximum absolute atomic E-state index is 11.3. The Bertz CT molecular complexity index is 292. The predicted molar refractivity (Wildman–Crippen MR) is 65.5 cm³/mol. The normalized spacial score (nSPS) is 9.93. The molecule has 15 heavy (non-hydrogen) atoms. The largest absolute Gasteiger partial charge is 0.355 e. The number of alkyl halides is 1. The van der Waals surface area contributed by atoms with Crippen LogP contribution in [-0.4, -0.2) is 24.1 Å². The van der Waals surface area contributed by atoms with Crippen molar-refractivity contribution < 1.29 is 4.79 Å². The molecule has 0 radical (unpaired) electrons. The van der Waals surface area contributed by atoms with E-state index in [0.717, 1.165) is 11.3 Å². The van der Waals surface area contributed by atoms with Crippen LogP contribution in [0.4, 0.5) is 0 Å². The van der Waals surface area contributed by atoms with E-state index in [1.807, 2.05) is 30.3 Å². The van der Waals surface area contributed by atoms with E-state index in [2.05, 4.69) is 5.32 Å². The highest BCUT2D eigenvalue weighted by Gasteiger charge is 2.00. The van der Waals surface area contributed by atoms with Gasteiger partial charge >= 0.3 is 0 Å².